The monoisotopic (exact) mass is 228 g/mol. The van der Waals surface area contributed by atoms with E-state index in [0.29, 0.717) is 5.75 Å². The van der Waals surface area contributed by atoms with Gasteiger partial charge in [0.05, 0.1) is 26.7 Å². The van der Waals surface area contributed by atoms with Crippen molar-refractivity contribution in [2.75, 3.05) is 14.2 Å². The molecule has 1 aromatic rings. The summed E-state index contributed by atoms with van der Waals surface area (Å²) >= 11 is 0. The van der Waals surface area contributed by atoms with Crippen LogP contribution in [-0.4, -0.2) is 25.3 Å². The van der Waals surface area contributed by atoms with Crippen LogP contribution in [0.15, 0.2) is 18.2 Å². The predicted octanol–water partition coefficient (Wildman–Crippen LogP) is 1.43. The van der Waals surface area contributed by atoms with Crippen molar-refractivity contribution in [1.29, 1.82) is 0 Å². The number of benzene rings is 1. The number of hydrogen-bond acceptors (Lipinski definition) is 4. The third-order valence-electron chi connectivity index (χ3n) is 2.14. The predicted molar refractivity (Wildman–Crippen MR) is 54.5 cm³/mol. The lowest BCUT2D eigenvalue weighted by Crippen LogP contribution is -2.09. The normalized spacial score (nSPS) is 12.0. The first kappa shape index (κ1) is 12.4. The fourth-order valence-corrected chi connectivity index (χ4v) is 1.32. The van der Waals surface area contributed by atoms with E-state index in [9.17, 15) is 14.3 Å². The molecular weight excluding hydrogens is 215 g/mol. The maximum absolute atomic E-state index is 13.0. The molecule has 0 amide bonds. The highest BCUT2D eigenvalue weighted by molar-refractivity contribution is 5.70. The molecule has 0 aliphatic carbocycles. The molecule has 0 saturated carbocycles. The van der Waals surface area contributed by atoms with Gasteiger partial charge in [0.15, 0.2) is 0 Å². The van der Waals surface area contributed by atoms with Crippen molar-refractivity contribution in [3.05, 3.63) is 29.6 Å². The summed E-state index contributed by atoms with van der Waals surface area (Å²) in [5.74, 6) is -0.740. The molecule has 0 bridgehead atoms. The molecule has 0 spiro atoms. The third kappa shape index (κ3) is 2.93. The highest BCUT2D eigenvalue weighted by atomic mass is 19.1. The molecule has 0 fully saturated rings. The summed E-state index contributed by atoms with van der Waals surface area (Å²) in [7, 11) is 2.62. The molecule has 1 N–H and O–H groups in total. The number of halogens is 1. The number of carbonyl (C=O) groups is 1. The van der Waals surface area contributed by atoms with Gasteiger partial charge in [0.25, 0.3) is 0 Å². The fraction of sp³-hybridized carbons (Fsp3) is 0.364. The zero-order valence-corrected chi connectivity index (χ0v) is 9.07. The number of carbonyl (C=O) groups excluding carboxylic acids is 1. The molecule has 0 aromatic heterocycles. The van der Waals surface area contributed by atoms with Gasteiger partial charge in [0.1, 0.15) is 11.6 Å². The SMILES string of the molecule is COC(=O)C[C@@H](O)c1cc(F)ccc1OC. The Kier molecular flexibility index (Phi) is 4.25. The van der Waals surface area contributed by atoms with Crippen LogP contribution in [0.3, 0.4) is 0 Å². The lowest BCUT2D eigenvalue weighted by atomic mass is 10.1. The van der Waals surface area contributed by atoms with Gasteiger partial charge in [-0.25, -0.2) is 4.39 Å². The quantitative estimate of drug-likeness (QED) is 0.792. The zero-order chi connectivity index (χ0) is 12.1. The fourth-order valence-electron chi connectivity index (χ4n) is 1.32. The first-order valence-electron chi connectivity index (χ1n) is 4.66. The van der Waals surface area contributed by atoms with Crippen molar-refractivity contribution in [2.45, 2.75) is 12.5 Å². The van der Waals surface area contributed by atoms with E-state index in [4.69, 9.17) is 4.74 Å². The molecule has 0 radical (unpaired) electrons. The van der Waals surface area contributed by atoms with E-state index >= 15 is 0 Å². The highest BCUT2D eigenvalue weighted by Crippen LogP contribution is 2.28. The summed E-state index contributed by atoms with van der Waals surface area (Å²) in [4.78, 5) is 11.0. The molecule has 1 atom stereocenters. The van der Waals surface area contributed by atoms with Crippen LogP contribution in [0.1, 0.15) is 18.1 Å². The van der Waals surface area contributed by atoms with Crippen molar-refractivity contribution >= 4 is 5.97 Å². The van der Waals surface area contributed by atoms with Crippen molar-refractivity contribution in [3.8, 4) is 5.75 Å². The smallest absolute Gasteiger partial charge is 0.308 e. The van der Waals surface area contributed by atoms with Gasteiger partial charge in [-0.05, 0) is 18.2 Å². The van der Waals surface area contributed by atoms with Gasteiger partial charge >= 0.3 is 5.97 Å². The van der Waals surface area contributed by atoms with Crippen molar-refractivity contribution < 1.29 is 23.8 Å². The summed E-state index contributed by atoms with van der Waals surface area (Å²) < 4.78 is 22.4. The Labute approximate surface area is 92.6 Å². The summed E-state index contributed by atoms with van der Waals surface area (Å²) in [6.07, 6.45) is -1.38. The van der Waals surface area contributed by atoms with Crippen molar-refractivity contribution in [3.63, 3.8) is 0 Å². The van der Waals surface area contributed by atoms with Crippen LogP contribution in [0.2, 0.25) is 0 Å². The Morgan fingerprint density at radius 1 is 1.50 bits per heavy atom. The van der Waals surface area contributed by atoms with Gasteiger partial charge in [0, 0.05) is 5.56 Å². The maximum atomic E-state index is 13.0. The number of aliphatic hydroxyl groups excluding tert-OH is 1. The molecule has 88 valence electrons. The average molecular weight is 228 g/mol. The molecule has 0 saturated heterocycles. The second-order valence-electron chi connectivity index (χ2n) is 3.18. The third-order valence-corrected chi connectivity index (χ3v) is 2.14. The first-order chi connectivity index (χ1) is 7.58. The van der Waals surface area contributed by atoms with Gasteiger partial charge in [-0.2, -0.15) is 0 Å². The topological polar surface area (TPSA) is 55.8 Å². The number of ether oxygens (including phenoxy) is 2. The second kappa shape index (κ2) is 5.46. The molecule has 0 aliphatic rings. The van der Waals surface area contributed by atoms with E-state index in [2.05, 4.69) is 4.74 Å². The van der Waals surface area contributed by atoms with Crippen LogP contribution in [0.5, 0.6) is 5.75 Å². The van der Waals surface area contributed by atoms with Crippen LogP contribution in [-0.2, 0) is 9.53 Å². The molecule has 0 heterocycles. The van der Waals surface area contributed by atoms with Crippen LogP contribution >= 0.6 is 0 Å². The molecule has 1 rings (SSSR count). The number of esters is 1. The van der Waals surface area contributed by atoms with Gasteiger partial charge in [0.2, 0.25) is 0 Å². The largest absolute Gasteiger partial charge is 0.496 e. The van der Waals surface area contributed by atoms with Gasteiger partial charge in [-0.15, -0.1) is 0 Å². The van der Waals surface area contributed by atoms with E-state index in [1.54, 1.807) is 0 Å². The summed E-state index contributed by atoms with van der Waals surface area (Å²) in [5, 5.41) is 9.71. The van der Waals surface area contributed by atoms with Crippen LogP contribution in [0.4, 0.5) is 4.39 Å². The van der Waals surface area contributed by atoms with Crippen LogP contribution in [0.25, 0.3) is 0 Å². The Morgan fingerprint density at radius 2 is 2.19 bits per heavy atom. The summed E-state index contributed by atoms with van der Waals surface area (Å²) in [5.41, 5.74) is 0.230. The summed E-state index contributed by atoms with van der Waals surface area (Å²) in [6.45, 7) is 0. The molecule has 16 heavy (non-hydrogen) atoms. The van der Waals surface area contributed by atoms with Crippen molar-refractivity contribution in [1.82, 2.24) is 0 Å². The standard InChI is InChI=1S/C11H13FO4/c1-15-10-4-3-7(12)5-8(10)9(13)6-11(14)16-2/h3-5,9,13H,6H2,1-2H3/t9-/m1/s1. The first-order valence-corrected chi connectivity index (χ1v) is 4.66. The maximum Gasteiger partial charge on any atom is 0.308 e. The Morgan fingerprint density at radius 3 is 2.75 bits per heavy atom. The Balaban J connectivity index is 2.92. The van der Waals surface area contributed by atoms with E-state index in [0.717, 1.165) is 6.07 Å². The van der Waals surface area contributed by atoms with Gasteiger partial charge in [-0.1, -0.05) is 0 Å². The number of aliphatic hydroxyl groups is 1. The van der Waals surface area contributed by atoms with Gasteiger partial charge < -0.3 is 14.6 Å². The molecule has 1 aromatic carbocycles. The number of hydrogen-bond donors (Lipinski definition) is 1. The van der Waals surface area contributed by atoms with E-state index < -0.39 is 17.9 Å². The molecule has 0 aliphatic heterocycles. The van der Waals surface area contributed by atoms with Crippen molar-refractivity contribution in [2.24, 2.45) is 0 Å². The molecular formula is C11H13FO4. The van der Waals surface area contributed by atoms with Crippen LogP contribution in [0, 0.1) is 5.82 Å². The van der Waals surface area contributed by atoms with Gasteiger partial charge in [-0.3, -0.25) is 4.79 Å². The Bertz CT molecular complexity index is 378. The summed E-state index contributed by atoms with van der Waals surface area (Å²) in [6, 6.07) is 3.74. The number of methoxy groups -OCH3 is 2. The minimum absolute atomic E-state index is 0.230. The van der Waals surface area contributed by atoms with Crippen LogP contribution < -0.4 is 4.74 Å². The lowest BCUT2D eigenvalue weighted by molar-refractivity contribution is -0.142. The molecule has 0 unspecified atom stereocenters. The average Bonchev–Trinajstić information content (AvgIpc) is 2.28. The van der Waals surface area contributed by atoms with E-state index in [1.807, 2.05) is 0 Å². The second-order valence-corrected chi connectivity index (χ2v) is 3.18. The minimum atomic E-state index is -1.14. The highest BCUT2D eigenvalue weighted by Gasteiger charge is 2.18. The molecule has 4 nitrogen and oxygen atoms in total. The lowest BCUT2D eigenvalue weighted by Gasteiger charge is -2.13. The zero-order valence-electron chi connectivity index (χ0n) is 9.07. The molecule has 5 heteroatoms. The number of rotatable bonds is 4. The Hall–Kier alpha value is -1.62. The minimum Gasteiger partial charge on any atom is -0.496 e. The van der Waals surface area contributed by atoms with E-state index in [1.165, 1.54) is 26.4 Å². The van der Waals surface area contributed by atoms with E-state index in [-0.39, 0.29) is 12.0 Å².